The lowest BCUT2D eigenvalue weighted by molar-refractivity contribution is 0.415. The summed E-state index contributed by atoms with van der Waals surface area (Å²) < 4.78 is 7.62. The van der Waals surface area contributed by atoms with E-state index < -0.39 is 0 Å². The molecule has 1 unspecified atom stereocenters. The number of fused-ring (bicyclic) bond motifs is 1. The molecule has 0 saturated heterocycles. The third-order valence-corrected chi connectivity index (χ3v) is 4.59. The average Bonchev–Trinajstić information content (AvgIpc) is 3.13. The van der Waals surface area contributed by atoms with Crippen molar-refractivity contribution in [2.24, 2.45) is 0 Å². The number of halogens is 1. The van der Waals surface area contributed by atoms with E-state index in [1.165, 1.54) is 5.56 Å². The maximum atomic E-state index is 5.95. The lowest BCUT2D eigenvalue weighted by atomic mass is 10.1. The minimum absolute atomic E-state index is 0.228. The van der Waals surface area contributed by atoms with Gasteiger partial charge in [0.25, 0.3) is 0 Å². The molecular formula is C16H17ClN2OS. The summed E-state index contributed by atoms with van der Waals surface area (Å²) in [6.07, 6.45) is 0.757. The van der Waals surface area contributed by atoms with Gasteiger partial charge in [-0.05, 0) is 41.4 Å². The van der Waals surface area contributed by atoms with Gasteiger partial charge >= 0.3 is 0 Å². The highest BCUT2D eigenvalue weighted by atomic mass is 35.5. The van der Waals surface area contributed by atoms with Crippen LogP contribution in [0.1, 0.15) is 24.4 Å². The van der Waals surface area contributed by atoms with E-state index >= 15 is 0 Å². The molecule has 21 heavy (non-hydrogen) atoms. The van der Waals surface area contributed by atoms with E-state index in [2.05, 4.69) is 28.3 Å². The van der Waals surface area contributed by atoms with Gasteiger partial charge < -0.3 is 9.30 Å². The van der Waals surface area contributed by atoms with Gasteiger partial charge in [0.15, 0.2) is 0 Å². The number of alkyl halides is 1. The van der Waals surface area contributed by atoms with Gasteiger partial charge in [-0.3, -0.25) is 0 Å². The number of methoxy groups -OCH3 is 1. The van der Waals surface area contributed by atoms with Crippen molar-refractivity contribution in [1.82, 2.24) is 9.55 Å². The predicted octanol–water partition coefficient (Wildman–Crippen LogP) is 4.50. The van der Waals surface area contributed by atoms with Gasteiger partial charge in [0.05, 0.1) is 24.2 Å². The fourth-order valence-electron chi connectivity index (χ4n) is 2.60. The first kappa shape index (κ1) is 14.4. The average molecular weight is 321 g/mol. The normalized spacial score (nSPS) is 12.7. The van der Waals surface area contributed by atoms with Crippen molar-refractivity contribution in [3.05, 3.63) is 46.4 Å². The molecule has 2 heterocycles. The molecule has 0 bridgehead atoms. The molecule has 0 aliphatic heterocycles. The van der Waals surface area contributed by atoms with Crippen LogP contribution in [0.4, 0.5) is 0 Å². The molecule has 110 valence electrons. The van der Waals surface area contributed by atoms with E-state index in [1.807, 2.05) is 18.2 Å². The molecule has 3 nitrogen and oxygen atoms in total. The van der Waals surface area contributed by atoms with E-state index in [0.717, 1.165) is 29.0 Å². The summed E-state index contributed by atoms with van der Waals surface area (Å²) in [5, 5.41) is 4.29. The number of aryl methyl sites for hydroxylation is 1. The second-order valence-electron chi connectivity index (χ2n) is 4.92. The van der Waals surface area contributed by atoms with Crippen LogP contribution in [0.15, 0.2) is 35.0 Å². The van der Waals surface area contributed by atoms with E-state index in [9.17, 15) is 0 Å². The van der Waals surface area contributed by atoms with E-state index in [4.69, 9.17) is 21.3 Å². The van der Waals surface area contributed by atoms with Crippen LogP contribution in [-0.4, -0.2) is 22.5 Å². The molecular weight excluding hydrogens is 304 g/mol. The Morgan fingerprint density at radius 1 is 1.38 bits per heavy atom. The van der Waals surface area contributed by atoms with E-state index in [-0.39, 0.29) is 6.04 Å². The SMILES string of the molecule is COc1ccc2nc(CCCl)n(C(C)c3ccsc3)c2c1. The number of aromatic nitrogens is 2. The summed E-state index contributed by atoms with van der Waals surface area (Å²) in [7, 11) is 1.68. The summed E-state index contributed by atoms with van der Waals surface area (Å²) in [5.74, 6) is 2.43. The summed E-state index contributed by atoms with van der Waals surface area (Å²) in [6, 6.07) is 8.38. The molecule has 0 aliphatic rings. The minimum atomic E-state index is 0.228. The molecule has 0 N–H and O–H groups in total. The van der Waals surface area contributed by atoms with Crippen molar-refractivity contribution < 1.29 is 4.74 Å². The van der Waals surface area contributed by atoms with Crippen molar-refractivity contribution >= 4 is 34.0 Å². The van der Waals surface area contributed by atoms with Gasteiger partial charge in [-0.15, -0.1) is 11.6 Å². The van der Waals surface area contributed by atoms with Gasteiger partial charge in [0.1, 0.15) is 11.6 Å². The third-order valence-electron chi connectivity index (χ3n) is 3.70. The largest absolute Gasteiger partial charge is 0.497 e. The third kappa shape index (κ3) is 2.65. The Morgan fingerprint density at radius 2 is 2.24 bits per heavy atom. The molecule has 0 amide bonds. The topological polar surface area (TPSA) is 27.1 Å². The number of ether oxygens (including phenoxy) is 1. The van der Waals surface area contributed by atoms with Crippen molar-refractivity contribution in [2.75, 3.05) is 13.0 Å². The predicted molar refractivity (Wildman–Crippen MR) is 88.8 cm³/mol. The number of hydrogen-bond donors (Lipinski definition) is 0. The van der Waals surface area contributed by atoms with Gasteiger partial charge in [-0.25, -0.2) is 4.98 Å². The number of imidazole rings is 1. The van der Waals surface area contributed by atoms with Crippen LogP contribution >= 0.6 is 22.9 Å². The van der Waals surface area contributed by atoms with Gasteiger partial charge in [0, 0.05) is 18.4 Å². The molecule has 2 aromatic heterocycles. The van der Waals surface area contributed by atoms with Gasteiger partial charge in [0.2, 0.25) is 0 Å². The molecule has 0 fully saturated rings. The molecule has 1 aromatic carbocycles. The van der Waals surface area contributed by atoms with Crippen LogP contribution in [-0.2, 0) is 6.42 Å². The lowest BCUT2D eigenvalue weighted by Gasteiger charge is -2.16. The Kier molecular flexibility index (Phi) is 4.17. The van der Waals surface area contributed by atoms with E-state index in [0.29, 0.717) is 5.88 Å². The summed E-state index contributed by atoms with van der Waals surface area (Å²) >= 11 is 7.66. The first-order chi connectivity index (χ1) is 10.2. The molecule has 0 aliphatic carbocycles. The zero-order valence-electron chi connectivity index (χ0n) is 12.0. The summed E-state index contributed by atoms with van der Waals surface area (Å²) in [4.78, 5) is 4.74. The standard InChI is InChI=1S/C16H17ClN2OS/c1-11(12-6-8-21-10-12)19-15-9-13(20-2)3-4-14(15)18-16(19)5-7-17/h3-4,6,8-11H,5,7H2,1-2H3. The highest BCUT2D eigenvalue weighted by Crippen LogP contribution is 2.29. The summed E-state index contributed by atoms with van der Waals surface area (Å²) in [5.41, 5.74) is 3.36. The second kappa shape index (κ2) is 6.08. The first-order valence-corrected chi connectivity index (χ1v) is 8.35. The van der Waals surface area contributed by atoms with E-state index in [1.54, 1.807) is 18.4 Å². The number of benzene rings is 1. The number of hydrogen-bond acceptors (Lipinski definition) is 3. The quantitative estimate of drug-likeness (QED) is 0.647. The summed E-state index contributed by atoms with van der Waals surface area (Å²) in [6.45, 7) is 2.19. The fourth-order valence-corrected chi connectivity index (χ4v) is 3.52. The van der Waals surface area contributed by atoms with Crippen molar-refractivity contribution in [2.45, 2.75) is 19.4 Å². The minimum Gasteiger partial charge on any atom is -0.497 e. The Labute approximate surface area is 133 Å². The highest BCUT2D eigenvalue weighted by molar-refractivity contribution is 7.07. The second-order valence-corrected chi connectivity index (χ2v) is 6.08. The molecule has 3 aromatic rings. The Balaban J connectivity index is 2.18. The zero-order chi connectivity index (χ0) is 14.8. The highest BCUT2D eigenvalue weighted by Gasteiger charge is 2.17. The monoisotopic (exact) mass is 320 g/mol. The molecule has 3 rings (SSSR count). The number of nitrogens with zero attached hydrogens (tertiary/aromatic N) is 2. The zero-order valence-corrected chi connectivity index (χ0v) is 13.6. The smallest absolute Gasteiger partial charge is 0.121 e. The van der Waals surface area contributed by atoms with Crippen LogP contribution in [0.3, 0.4) is 0 Å². The van der Waals surface area contributed by atoms with Crippen LogP contribution < -0.4 is 4.74 Å². The Hall–Kier alpha value is -1.52. The molecule has 1 atom stereocenters. The van der Waals surface area contributed by atoms with Crippen LogP contribution in [0, 0.1) is 0 Å². The van der Waals surface area contributed by atoms with Crippen LogP contribution in [0.5, 0.6) is 5.75 Å². The molecule has 0 radical (unpaired) electrons. The van der Waals surface area contributed by atoms with Crippen LogP contribution in [0.25, 0.3) is 11.0 Å². The molecule has 5 heteroatoms. The van der Waals surface area contributed by atoms with Gasteiger partial charge in [-0.1, -0.05) is 0 Å². The molecule has 0 saturated carbocycles. The van der Waals surface area contributed by atoms with Crippen LogP contribution in [0.2, 0.25) is 0 Å². The first-order valence-electron chi connectivity index (χ1n) is 6.87. The Bertz CT molecular complexity index is 736. The fraction of sp³-hybridized carbons (Fsp3) is 0.312. The van der Waals surface area contributed by atoms with Crippen molar-refractivity contribution in [1.29, 1.82) is 0 Å². The lowest BCUT2D eigenvalue weighted by Crippen LogP contribution is -2.10. The number of thiophene rings is 1. The van der Waals surface area contributed by atoms with Crippen molar-refractivity contribution in [3.8, 4) is 5.75 Å². The van der Waals surface area contributed by atoms with Crippen molar-refractivity contribution in [3.63, 3.8) is 0 Å². The Morgan fingerprint density at radius 3 is 2.90 bits per heavy atom. The maximum Gasteiger partial charge on any atom is 0.121 e. The number of rotatable bonds is 5. The maximum absolute atomic E-state index is 5.95. The van der Waals surface area contributed by atoms with Gasteiger partial charge in [-0.2, -0.15) is 11.3 Å². The molecule has 0 spiro atoms.